The first kappa shape index (κ1) is 107. The molecule has 0 saturated carbocycles. The fourth-order valence-corrected chi connectivity index (χ4v) is 23.4. The summed E-state index contributed by atoms with van der Waals surface area (Å²) in [6.07, 6.45) is 16.5. The second-order valence-corrected chi connectivity index (χ2v) is 39.0. The number of alkyl halides is 1. The Balaban J connectivity index is 0.000000146. The number of carbonyl (C=O) groups excluding carboxylic acids is 4. The summed E-state index contributed by atoms with van der Waals surface area (Å²) in [5, 5.41) is 17.2. The number of carbonyl (C=O) groups is 4. The zero-order valence-corrected chi connectivity index (χ0v) is 82.5. The number of morpholine rings is 1. The minimum absolute atomic E-state index is 0. The van der Waals surface area contributed by atoms with Gasteiger partial charge < -0.3 is 60.6 Å². The highest BCUT2D eigenvalue weighted by Gasteiger charge is 2.41. The molecule has 8 unspecified atom stereocenters. The number of nitrogens with one attached hydrogen (secondary N) is 6. The molecule has 7 amide bonds. The summed E-state index contributed by atoms with van der Waals surface area (Å²) in [6.45, 7) is 17.4. The average Bonchev–Trinajstić information content (AvgIpc) is 0.753. The molecule has 0 aromatic heterocycles. The number of nitrogens with zero attached hydrogens (tertiary/aromatic N) is 5. The third-order valence-electron chi connectivity index (χ3n) is 29.9. The topological polar surface area (TPSA) is 175 Å². The van der Waals surface area contributed by atoms with Crippen LogP contribution in [0.5, 0.6) is 5.75 Å². The van der Waals surface area contributed by atoms with Crippen LogP contribution in [0, 0.1) is 11.8 Å². The molecule has 9 heterocycles. The molecule has 0 bridgehead atoms. The quantitative estimate of drug-likeness (QED) is 0.0156. The molecule has 9 aliphatic rings. The van der Waals surface area contributed by atoms with Crippen molar-refractivity contribution in [3.63, 3.8) is 0 Å². The standard InChI is InChI=1S/C33H30N2O2.C32H33N3O2.C30H34ClN3O.C30H33N3O.4CH4/c36-33(37-27-14-8-3-9-15-27)34-19-16-24-22-30-28(25-10-4-1-5-11-25)17-20-35-21-18-29(31(23-24)32(30)35)26-12-6-2-7-13-26;36-32(35-18-20-37-21-19-35)33-15-7-8-24-22-29-27(25-9-3-1-4-10-25)13-16-34-17-14-28(30(23-24)31(29)34)26-11-5-2-6-12-26;31-15-17-33-30(35)32-16-7-8-22-20-27-25(23-9-3-1-4-10-23)13-18-34-19-14-26(28(21-22)29(27)34)24-11-5-2-6-12-24;1-2-16-31-30(34)32-17-13-22-20-27-25(23-9-5-3-6-10-23)14-18-33-19-15-26(28(21-22)29(27)33)24-11-7-4-8-12-24;;;;/h1-16,19,22-23,28-29H,17-18,20-21H2,(H,34,36);1-6,9-12,22-23,27-28H,13-21H2,(H,33,36);1-6,9-12,20-21,25-26H,7-8,13-19H2,(H2,32,33,35);2-12,20-21,25-26H,1,13-19H2,(H2,31,32,34);4*1H4/b19-16+;;;;;;;. The molecule has 147 heavy (non-hydrogen) atoms. The molecule has 760 valence electrons. The van der Waals surface area contributed by atoms with Crippen molar-refractivity contribution in [3.8, 4) is 17.6 Å². The van der Waals surface area contributed by atoms with Crippen molar-refractivity contribution in [2.24, 2.45) is 0 Å². The van der Waals surface area contributed by atoms with Crippen LogP contribution in [0.4, 0.5) is 41.9 Å². The maximum absolute atomic E-state index is 12.4. The summed E-state index contributed by atoms with van der Waals surface area (Å²) >= 11 is 5.65. The molecule has 9 aliphatic heterocycles. The van der Waals surface area contributed by atoms with Crippen LogP contribution in [-0.4, -0.2) is 146 Å². The number of ether oxygens (including phenoxy) is 2. The van der Waals surface area contributed by atoms with E-state index in [0.29, 0.717) is 118 Å². The van der Waals surface area contributed by atoms with Gasteiger partial charge in [-0.2, -0.15) is 0 Å². The highest BCUT2D eigenvalue weighted by molar-refractivity contribution is 6.18. The number of aryl methyl sites for hydroxylation is 1. The Labute approximate surface area is 878 Å². The summed E-state index contributed by atoms with van der Waals surface area (Å²) in [5.41, 5.74) is 32.9. The molecular weight excluding hydrogens is 1830 g/mol. The van der Waals surface area contributed by atoms with E-state index in [1.54, 1.807) is 29.3 Å². The van der Waals surface area contributed by atoms with Gasteiger partial charge in [0.05, 0.1) is 19.8 Å². The van der Waals surface area contributed by atoms with Crippen molar-refractivity contribution in [2.45, 2.75) is 148 Å². The van der Waals surface area contributed by atoms with E-state index in [9.17, 15) is 19.2 Å². The number of urea groups is 3. The molecule has 0 radical (unpaired) electrons. The normalized spacial score (nSPS) is 18.5. The molecule has 1 saturated heterocycles. The smallest absolute Gasteiger partial charge is 0.410 e. The van der Waals surface area contributed by atoms with Gasteiger partial charge in [-0.3, -0.25) is 5.32 Å². The van der Waals surface area contributed by atoms with Crippen LogP contribution in [0.15, 0.2) is 340 Å². The van der Waals surface area contributed by atoms with Crippen molar-refractivity contribution < 1.29 is 28.7 Å². The summed E-state index contributed by atoms with van der Waals surface area (Å²) in [7, 11) is 0. The van der Waals surface area contributed by atoms with E-state index in [-0.39, 0.29) is 47.8 Å². The number of para-hydroxylation sites is 1. The molecule has 13 aromatic rings. The van der Waals surface area contributed by atoms with Gasteiger partial charge in [0, 0.05) is 179 Å². The molecule has 8 atom stereocenters. The monoisotopic (exact) mass is 1980 g/mol. The van der Waals surface area contributed by atoms with Crippen LogP contribution in [0.25, 0.3) is 6.08 Å². The Bertz CT molecular complexity index is 6280. The summed E-state index contributed by atoms with van der Waals surface area (Å²) in [4.78, 5) is 60.8. The minimum Gasteiger partial charge on any atom is -0.410 e. The third kappa shape index (κ3) is 25.9. The lowest BCUT2D eigenvalue weighted by molar-refractivity contribution is 0.0535. The number of hydrogen-bond donors (Lipinski definition) is 6. The molecule has 13 aromatic carbocycles. The lowest BCUT2D eigenvalue weighted by Crippen LogP contribution is -2.46. The maximum Gasteiger partial charge on any atom is 0.416 e. The van der Waals surface area contributed by atoms with E-state index in [2.05, 4.69) is 361 Å². The molecule has 0 spiro atoms. The Morgan fingerprint density at radius 3 is 0.993 bits per heavy atom. The summed E-state index contributed by atoms with van der Waals surface area (Å²) in [5.74, 6) is 10.6. The van der Waals surface area contributed by atoms with Gasteiger partial charge >= 0.3 is 24.2 Å². The Kier molecular flexibility index (Phi) is 38.1. The lowest BCUT2D eigenvalue weighted by Gasteiger charge is -2.43. The van der Waals surface area contributed by atoms with Gasteiger partial charge in [-0.15, -0.1) is 18.2 Å². The first-order valence-corrected chi connectivity index (χ1v) is 52.1. The average molecular weight is 1980 g/mol. The van der Waals surface area contributed by atoms with Gasteiger partial charge in [0.2, 0.25) is 0 Å². The Hall–Kier alpha value is -14.6. The highest BCUT2D eigenvalue weighted by atomic mass is 35.5. The predicted octanol–water partition coefficient (Wildman–Crippen LogP) is 26.5. The van der Waals surface area contributed by atoms with E-state index in [1.165, 1.54) is 123 Å². The second-order valence-electron chi connectivity index (χ2n) is 38.7. The number of anilines is 4. The second kappa shape index (κ2) is 52.5. The first-order chi connectivity index (χ1) is 70.5. The molecule has 0 aliphatic carbocycles. The van der Waals surface area contributed by atoms with Crippen LogP contribution in [0.1, 0.15) is 246 Å². The van der Waals surface area contributed by atoms with E-state index < -0.39 is 6.09 Å². The fourth-order valence-electron chi connectivity index (χ4n) is 23.3. The number of halogens is 1. The van der Waals surface area contributed by atoms with E-state index >= 15 is 0 Å². The predicted molar refractivity (Wildman–Crippen MR) is 608 cm³/mol. The van der Waals surface area contributed by atoms with E-state index in [4.69, 9.17) is 21.1 Å². The van der Waals surface area contributed by atoms with E-state index in [1.807, 2.05) is 24.3 Å². The first-order valence-electron chi connectivity index (χ1n) is 51.6. The molecular formula is C129H146ClN11O6. The van der Waals surface area contributed by atoms with Crippen LogP contribution < -0.4 is 56.2 Å². The molecule has 18 heteroatoms. The fraction of sp³-hybridized carbons (Fsp3) is 0.318. The van der Waals surface area contributed by atoms with Gasteiger partial charge in [-0.25, -0.2) is 19.2 Å². The Morgan fingerprint density at radius 1 is 0.361 bits per heavy atom. The molecule has 22 rings (SSSR count). The SMILES string of the molecule is C.C.C.C.C=CCNC(=O)NCCc1cc2c3c(c1)C(c1ccccc1)CCN3CCC2c1ccccc1.O=C(N/C=C/c1cc2c3c(c1)C(c1ccccc1)CCN3CCC2c1ccccc1)Oc1ccccc1.O=C(NCC#Cc1cc2c3c(c1)C(c1ccccc1)CCN3CCC2c1ccccc1)N1CCOCC1.O=C(NCCCl)NCCCc1cc2c3c(c1)C(c1ccccc1)CCN3CCC2c1ccccc1. The largest absolute Gasteiger partial charge is 0.416 e. The van der Waals surface area contributed by atoms with Gasteiger partial charge in [-0.1, -0.05) is 333 Å². The zero-order valence-electron chi connectivity index (χ0n) is 81.7. The van der Waals surface area contributed by atoms with Crippen molar-refractivity contribution in [1.82, 2.24) is 36.8 Å². The van der Waals surface area contributed by atoms with E-state index in [0.717, 1.165) is 134 Å². The van der Waals surface area contributed by atoms with Gasteiger partial charge in [-0.05, 0) is 219 Å². The number of benzene rings is 13. The van der Waals surface area contributed by atoms with Gasteiger partial charge in [0.25, 0.3) is 0 Å². The molecule has 1 fully saturated rings. The van der Waals surface area contributed by atoms with Crippen LogP contribution in [0.3, 0.4) is 0 Å². The lowest BCUT2D eigenvalue weighted by atomic mass is 9.75. The molecule has 17 nitrogen and oxygen atoms in total. The zero-order chi connectivity index (χ0) is 97.4. The number of rotatable bonds is 23. The summed E-state index contributed by atoms with van der Waals surface area (Å²) in [6, 6.07) is 115. The van der Waals surface area contributed by atoms with Crippen molar-refractivity contribution in [1.29, 1.82) is 0 Å². The summed E-state index contributed by atoms with van der Waals surface area (Å²) < 4.78 is 10.7. The Morgan fingerprint density at radius 2 is 0.660 bits per heavy atom. The maximum atomic E-state index is 12.4. The van der Waals surface area contributed by atoms with Gasteiger partial charge in [0.15, 0.2) is 0 Å². The van der Waals surface area contributed by atoms with Gasteiger partial charge in [0.1, 0.15) is 5.75 Å². The van der Waals surface area contributed by atoms with Crippen molar-refractivity contribution >= 4 is 64.6 Å². The number of hydrogen-bond acceptors (Lipinski definition) is 10. The minimum atomic E-state index is -0.503. The van der Waals surface area contributed by atoms with Crippen molar-refractivity contribution in [2.75, 3.05) is 137 Å². The highest BCUT2D eigenvalue weighted by Crippen LogP contribution is 2.55. The van der Waals surface area contributed by atoms with Crippen LogP contribution in [-0.2, 0) is 17.6 Å². The third-order valence-corrected chi connectivity index (χ3v) is 30.1. The number of amides is 7. The molecule has 6 N–H and O–H groups in total. The van der Waals surface area contributed by atoms with Crippen LogP contribution in [0.2, 0.25) is 0 Å². The van der Waals surface area contributed by atoms with Crippen molar-refractivity contribution in [3.05, 3.63) is 452 Å². The van der Waals surface area contributed by atoms with Crippen LogP contribution >= 0.6 is 11.6 Å².